The van der Waals surface area contributed by atoms with Gasteiger partial charge in [-0.25, -0.2) is 13.1 Å². The number of aromatic nitrogens is 1. The number of rotatable bonds is 6. The third-order valence-corrected chi connectivity index (χ3v) is 5.16. The Labute approximate surface area is 138 Å². The molecule has 1 heterocycles. The van der Waals surface area contributed by atoms with Crippen LogP contribution in [-0.2, 0) is 16.6 Å². The van der Waals surface area contributed by atoms with Gasteiger partial charge >= 0.3 is 0 Å². The molecule has 0 aliphatic heterocycles. The molecular formula is C16H15N3O4S. The molecule has 124 valence electrons. The van der Waals surface area contributed by atoms with Crippen LogP contribution in [0.2, 0.25) is 0 Å². The number of hydrogen-bond acceptors (Lipinski definition) is 4. The van der Waals surface area contributed by atoms with Crippen LogP contribution in [0.25, 0.3) is 10.9 Å². The molecule has 0 unspecified atom stereocenters. The summed E-state index contributed by atoms with van der Waals surface area (Å²) in [6.07, 6.45) is 1.91. The van der Waals surface area contributed by atoms with Gasteiger partial charge in [0.1, 0.15) is 0 Å². The largest absolute Gasteiger partial charge is 0.346 e. The fourth-order valence-corrected chi connectivity index (χ4v) is 3.49. The van der Waals surface area contributed by atoms with Crippen molar-refractivity contribution in [2.75, 3.05) is 6.54 Å². The Morgan fingerprint density at radius 1 is 1.04 bits per heavy atom. The van der Waals surface area contributed by atoms with Crippen LogP contribution >= 0.6 is 0 Å². The Kier molecular flexibility index (Phi) is 4.32. The van der Waals surface area contributed by atoms with Crippen LogP contribution in [0.4, 0.5) is 5.69 Å². The zero-order chi connectivity index (χ0) is 17.2. The molecule has 8 heteroatoms. The third kappa shape index (κ3) is 3.29. The van der Waals surface area contributed by atoms with Crippen LogP contribution in [0.3, 0.4) is 0 Å². The summed E-state index contributed by atoms with van der Waals surface area (Å²) >= 11 is 0. The van der Waals surface area contributed by atoms with Crippen LogP contribution in [0.1, 0.15) is 0 Å². The molecule has 7 nitrogen and oxygen atoms in total. The van der Waals surface area contributed by atoms with Crippen LogP contribution in [0, 0.1) is 10.1 Å². The number of sulfonamides is 1. The molecule has 0 amide bonds. The lowest BCUT2D eigenvalue weighted by Gasteiger charge is -2.08. The highest BCUT2D eigenvalue weighted by atomic mass is 32.2. The van der Waals surface area contributed by atoms with Crippen molar-refractivity contribution in [2.45, 2.75) is 11.4 Å². The number of nitrogens with one attached hydrogen (secondary N) is 1. The first kappa shape index (κ1) is 16.2. The first-order valence-electron chi connectivity index (χ1n) is 7.25. The van der Waals surface area contributed by atoms with Gasteiger partial charge in [0.05, 0.1) is 9.82 Å². The molecule has 0 saturated heterocycles. The van der Waals surface area contributed by atoms with Gasteiger partial charge in [-0.2, -0.15) is 0 Å². The molecule has 0 aliphatic carbocycles. The summed E-state index contributed by atoms with van der Waals surface area (Å²) in [5, 5.41) is 11.7. The van der Waals surface area contributed by atoms with Crippen molar-refractivity contribution in [1.29, 1.82) is 0 Å². The van der Waals surface area contributed by atoms with E-state index >= 15 is 0 Å². The fourth-order valence-electron chi connectivity index (χ4n) is 2.47. The van der Waals surface area contributed by atoms with E-state index in [2.05, 4.69) is 4.72 Å². The monoisotopic (exact) mass is 345 g/mol. The van der Waals surface area contributed by atoms with E-state index in [4.69, 9.17) is 0 Å². The molecule has 0 saturated carbocycles. The van der Waals surface area contributed by atoms with E-state index in [-0.39, 0.29) is 17.1 Å². The van der Waals surface area contributed by atoms with Crippen LogP contribution in [-0.4, -0.2) is 24.5 Å². The Hall–Kier alpha value is -2.71. The normalized spacial score (nSPS) is 11.7. The van der Waals surface area contributed by atoms with Gasteiger partial charge in [-0.05, 0) is 29.7 Å². The van der Waals surface area contributed by atoms with Crippen molar-refractivity contribution < 1.29 is 13.3 Å². The molecule has 24 heavy (non-hydrogen) atoms. The lowest BCUT2D eigenvalue weighted by molar-refractivity contribution is -0.384. The van der Waals surface area contributed by atoms with E-state index < -0.39 is 14.9 Å². The number of fused-ring (bicyclic) bond motifs is 1. The minimum atomic E-state index is -3.70. The zero-order valence-electron chi connectivity index (χ0n) is 12.6. The molecule has 0 aliphatic rings. The minimum Gasteiger partial charge on any atom is -0.346 e. The number of benzene rings is 2. The summed E-state index contributed by atoms with van der Waals surface area (Å²) in [5.41, 5.74) is 0.889. The van der Waals surface area contributed by atoms with E-state index in [0.29, 0.717) is 6.54 Å². The predicted molar refractivity (Wildman–Crippen MR) is 90.2 cm³/mol. The molecule has 0 radical (unpaired) electrons. The van der Waals surface area contributed by atoms with Gasteiger partial charge in [0, 0.05) is 36.9 Å². The average molecular weight is 345 g/mol. The Bertz CT molecular complexity index is 978. The van der Waals surface area contributed by atoms with Gasteiger partial charge in [-0.1, -0.05) is 18.2 Å². The van der Waals surface area contributed by atoms with Crippen molar-refractivity contribution in [3.05, 3.63) is 70.9 Å². The van der Waals surface area contributed by atoms with Gasteiger partial charge in [-0.3, -0.25) is 10.1 Å². The summed E-state index contributed by atoms with van der Waals surface area (Å²) in [4.78, 5) is 10.0. The van der Waals surface area contributed by atoms with Gasteiger partial charge in [-0.15, -0.1) is 0 Å². The van der Waals surface area contributed by atoms with Gasteiger partial charge in [0.25, 0.3) is 5.69 Å². The SMILES string of the molecule is O=[N+]([O-])c1ccc(S(=O)(=O)NCCn2ccc3ccccc32)cc1. The maximum Gasteiger partial charge on any atom is 0.269 e. The minimum absolute atomic E-state index is 0.00506. The van der Waals surface area contributed by atoms with Crippen LogP contribution < -0.4 is 4.72 Å². The fraction of sp³-hybridized carbons (Fsp3) is 0.125. The average Bonchev–Trinajstić information content (AvgIpc) is 2.98. The van der Waals surface area contributed by atoms with Crippen molar-refractivity contribution >= 4 is 26.6 Å². The second kappa shape index (κ2) is 6.42. The molecule has 0 spiro atoms. The molecule has 1 N–H and O–H groups in total. The number of nitrogens with zero attached hydrogens (tertiary/aromatic N) is 2. The molecular weight excluding hydrogens is 330 g/mol. The summed E-state index contributed by atoms with van der Waals surface area (Å²) in [7, 11) is -3.70. The van der Waals surface area contributed by atoms with Crippen molar-refractivity contribution in [2.24, 2.45) is 0 Å². The summed E-state index contributed by atoms with van der Waals surface area (Å²) < 4.78 is 28.9. The number of nitro groups is 1. The lowest BCUT2D eigenvalue weighted by Crippen LogP contribution is -2.27. The molecule has 2 aromatic carbocycles. The second-order valence-corrected chi connectivity index (χ2v) is 6.98. The number of non-ortho nitro benzene ring substituents is 1. The van der Waals surface area contributed by atoms with Gasteiger partial charge in [0.2, 0.25) is 10.0 Å². The Balaban J connectivity index is 1.68. The molecule has 0 atom stereocenters. The van der Waals surface area contributed by atoms with Crippen LogP contribution in [0.5, 0.6) is 0 Å². The van der Waals surface area contributed by atoms with E-state index in [9.17, 15) is 18.5 Å². The first-order valence-corrected chi connectivity index (χ1v) is 8.74. The van der Waals surface area contributed by atoms with Crippen molar-refractivity contribution in [3.63, 3.8) is 0 Å². The second-order valence-electron chi connectivity index (χ2n) is 5.22. The highest BCUT2D eigenvalue weighted by Gasteiger charge is 2.15. The van der Waals surface area contributed by atoms with E-state index in [1.165, 1.54) is 24.3 Å². The molecule has 3 rings (SSSR count). The number of nitro benzene ring substituents is 1. The van der Waals surface area contributed by atoms with E-state index in [1.807, 2.05) is 41.1 Å². The maximum atomic E-state index is 12.2. The maximum absolute atomic E-state index is 12.2. The summed E-state index contributed by atoms with van der Waals surface area (Å²) in [5.74, 6) is 0. The molecule has 3 aromatic rings. The standard InChI is InChI=1S/C16H15N3O4S/c20-19(21)14-5-7-15(8-6-14)24(22,23)17-10-12-18-11-9-13-3-1-2-4-16(13)18/h1-9,11,17H,10,12H2. The van der Waals surface area contributed by atoms with Crippen LogP contribution in [0.15, 0.2) is 65.7 Å². The quantitative estimate of drug-likeness (QED) is 0.549. The lowest BCUT2D eigenvalue weighted by atomic mass is 10.2. The third-order valence-electron chi connectivity index (χ3n) is 3.68. The predicted octanol–water partition coefficient (Wildman–Crippen LogP) is 2.53. The molecule has 1 aromatic heterocycles. The van der Waals surface area contributed by atoms with Gasteiger partial charge < -0.3 is 4.57 Å². The first-order chi connectivity index (χ1) is 11.5. The Morgan fingerprint density at radius 3 is 2.46 bits per heavy atom. The Morgan fingerprint density at radius 2 is 1.75 bits per heavy atom. The molecule has 0 fully saturated rings. The van der Waals surface area contributed by atoms with Gasteiger partial charge in [0.15, 0.2) is 0 Å². The number of hydrogen-bond donors (Lipinski definition) is 1. The smallest absolute Gasteiger partial charge is 0.269 e. The highest BCUT2D eigenvalue weighted by molar-refractivity contribution is 7.89. The number of para-hydroxylation sites is 1. The highest BCUT2D eigenvalue weighted by Crippen LogP contribution is 2.16. The summed E-state index contributed by atoms with van der Waals surface area (Å²) in [6.45, 7) is 0.706. The topological polar surface area (TPSA) is 94.2 Å². The van der Waals surface area contributed by atoms with E-state index in [0.717, 1.165) is 10.9 Å². The van der Waals surface area contributed by atoms with Crippen molar-refractivity contribution in [1.82, 2.24) is 9.29 Å². The van der Waals surface area contributed by atoms with E-state index in [1.54, 1.807) is 0 Å². The summed E-state index contributed by atoms with van der Waals surface area (Å²) in [6, 6.07) is 14.6. The zero-order valence-corrected chi connectivity index (χ0v) is 13.4. The van der Waals surface area contributed by atoms with Crippen molar-refractivity contribution in [3.8, 4) is 0 Å². The molecule has 0 bridgehead atoms.